The number of nitrogens with zero attached hydrogens (tertiary/aromatic N) is 3. The van der Waals surface area contributed by atoms with Crippen LogP contribution in [-0.4, -0.2) is 53.2 Å². The Labute approximate surface area is 119 Å². The summed E-state index contributed by atoms with van der Waals surface area (Å²) in [4.78, 5) is 20.0. The van der Waals surface area contributed by atoms with Crippen LogP contribution in [0.4, 0.5) is 11.5 Å². The molecule has 1 aromatic rings. The Hall–Kier alpha value is -1.82. The highest BCUT2D eigenvalue weighted by Crippen LogP contribution is 2.22. The van der Waals surface area contributed by atoms with Crippen LogP contribution in [0.1, 0.15) is 30.6 Å². The van der Waals surface area contributed by atoms with E-state index in [0.29, 0.717) is 17.5 Å². The van der Waals surface area contributed by atoms with Crippen LogP contribution in [-0.2, 0) is 0 Å². The summed E-state index contributed by atoms with van der Waals surface area (Å²) in [6.45, 7) is 7.85. The van der Waals surface area contributed by atoms with Crippen LogP contribution in [0.3, 0.4) is 0 Å². The smallest absolute Gasteiger partial charge is 0.339 e. The van der Waals surface area contributed by atoms with Gasteiger partial charge in [-0.2, -0.15) is 0 Å². The molecule has 2 heterocycles. The van der Waals surface area contributed by atoms with E-state index in [1.807, 2.05) is 4.90 Å². The fraction of sp³-hybridized carbons (Fsp3) is 0.571. The average molecular weight is 278 g/mol. The van der Waals surface area contributed by atoms with E-state index in [-0.39, 0.29) is 5.56 Å². The number of carboxylic acid groups (broad SMARTS) is 1. The molecule has 1 aliphatic heterocycles. The van der Waals surface area contributed by atoms with E-state index in [9.17, 15) is 9.90 Å². The molecule has 0 amide bonds. The van der Waals surface area contributed by atoms with Gasteiger partial charge in [-0.15, -0.1) is 0 Å². The molecule has 0 aliphatic carbocycles. The maximum Gasteiger partial charge on any atom is 0.339 e. The summed E-state index contributed by atoms with van der Waals surface area (Å²) in [6.07, 6.45) is 2.64. The topological polar surface area (TPSA) is 82.7 Å². The Kier molecular flexibility index (Phi) is 4.44. The zero-order chi connectivity index (χ0) is 14.7. The van der Waals surface area contributed by atoms with E-state index in [1.165, 1.54) is 12.3 Å². The molecule has 0 aromatic carbocycles. The third-order valence-corrected chi connectivity index (χ3v) is 3.95. The predicted octanol–water partition coefficient (Wildman–Crippen LogP) is 1.28. The molecule has 6 heteroatoms. The lowest BCUT2D eigenvalue weighted by Gasteiger charge is -2.38. The highest BCUT2D eigenvalue weighted by molar-refractivity contribution is 5.94. The second kappa shape index (κ2) is 6.09. The normalized spacial score (nSPS) is 18.0. The molecule has 110 valence electrons. The number of rotatable bonds is 4. The first-order chi connectivity index (χ1) is 9.52. The van der Waals surface area contributed by atoms with Crippen molar-refractivity contribution in [2.45, 2.75) is 26.3 Å². The van der Waals surface area contributed by atoms with Crippen molar-refractivity contribution < 1.29 is 9.90 Å². The number of nitrogens with two attached hydrogens (primary N) is 1. The number of carbonyl (C=O) groups is 1. The van der Waals surface area contributed by atoms with Crippen molar-refractivity contribution >= 4 is 17.5 Å². The molecule has 1 aromatic heterocycles. The van der Waals surface area contributed by atoms with Crippen LogP contribution < -0.4 is 10.6 Å². The van der Waals surface area contributed by atoms with E-state index in [0.717, 1.165) is 32.6 Å². The summed E-state index contributed by atoms with van der Waals surface area (Å²) in [6, 6.07) is 2.04. The molecule has 3 N–H and O–H groups in total. The molecule has 0 radical (unpaired) electrons. The fourth-order valence-electron chi connectivity index (χ4n) is 2.52. The van der Waals surface area contributed by atoms with Gasteiger partial charge in [0.2, 0.25) is 0 Å². The lowest BCUT2D eigenvalue weighted by molar-refractivity contribution is 0.0697. The number of aromatic carboxylic acids is 1. The van der Waals surface area contributed by atoms with Crippen LogP contribution in [0.5, 0.6) is 0 Å². The molecule has 0 saturated carbocycles. The van der Waals surface area contributed by atoms with E-state index >= 15 is 0 Å². The number of hydrogen-bond donors (Lipinski definition) is 2. The maximum absolute atomic E-state index is 11.3. The molecule has 6 nitrogen and oxygen atoms in total. The van der Waals surface area contributed by atoms with Crippen molar-refractivity contribution in [1.82, 2.24) is 9.88 Å². The van der Waals surface area contributed by atoms with Gasteiger partial charge in [-0.25, -0.2) is 9.78 Å². The van der Waals surface area contributed by atoms with Crippen molar-refractivity contribution in [3.05, 3.63) is 17.8 Å². The van der Waals surface area contributed by atoms with Gasteiger partial charge in [-0.1, -0.05) is 6.92 Å². The summed E-state index contributed by atoms with van der Waals surface area (Å²) in [7, 11) is 0. The number of piperazine rings is 1. The first-order valence-electron chi connectivity index (χ1n) is 7.00. The summed E-state index contributed by atoms with van der Waals surface area (Å²) >= 11 is 0. The minimum absolute atomic E-state index is 0.182. The van der Waals surface area contributed by atoms with Crippen LogP contribution >= 0.6 is 0 Å². The Bertz CT molecular complexity index is 484. The van der Waals surface area contributed by atoms with E-state index < -0.39 is 5.97 Å². The summed E-state index contributed by atoms with van der Waals surface area (Å²) < 4.78 is 0. The fourth-order valence-corrected chi connectivity index (χ4v) is 2.52. The number of aromatic nitrogens is 1. The van der Waals surface area contributed by atoms with Gasteiger partial charge in [0.25, 0.3) is 0 Å². The van der Waals surface area contributed by atoms with Crippen LogP contribution in [0.15, 0.2) is 12.3 Å². The Morgan fingerprint density at radius 3 is 2.65 bits per heavy atom. The minimum Gasteiger partial charge on any atom is -0.478 e. The second-order valence-corrected chi connectivity index (χ2v) is 5.23. The van der Waals surface area contributed by atoms with Gasteiger partial charge in [-0.3, -0.25) is 4.90 Å². The zero-order valence-corrected chi connectivity index (χ0v) is 12.0. The van der Waals surface area contributed by atoms with E-state index in [4.69, 9.17) is 5.73 Å². The third-order valence-electron chi connectivity index (χ3n) is 3.95. The van der Waals surface area contributed by atoms with Gasteiger partial charge in [0.15, 0.2) is 0 Å². The van der Waals surface area contributed by atoms with Crippen LogP contribution in [0.25, 0.3) is 0 Å². The predicted molar refractivity (Wildman–Crippen MR) is 79.1 cm³/mol. The number of nitrogen functional groups attached to an aromatic ring is 1. The Balaban J connectivity index is 2.13. The lowest BCUT2D eigenvalue weighted by Crippen LogP contribution is -2.50. The van der Waals surface area contributed by atoms with Gasteiger partial charge in [0.05, 0.1) is 11.9 Å². The number of carboxylic acids is 1. The molecule has 0 bridgehead atoms. The van der Waals surface area contributed by atoms with Crippen LogP contribution in [0.2, 0.25) is 0 Å². The second-order valence-electron chi connectivity index (χ2n) is 5.23. The van der Waals surface area contributed by atoms with Crippen molar-refractivity contribution in [1.29, 1.82) is 0 Å². The molecule has 20 heavy (non-hydrogen) atoms. The van der Waals surface area contributed by atoms with Gasteiger partial charge in [-0.05, 0) is 19.4 Å². The van der Waals surface area contributed by atoms with Gasteiger partial charge >= 0.3 is 5.97 Å². The third kappa shape index (κ3) is 3.01. The SMILES string of the molecule is CCC(C)N1CCN(c2ncc(N)cc2C(=O)O)CC1. The van der Waals surface area contributed by atoms with Crippen molar-refractivity contribution in [2.24, 2.45) is 0 Å². The van der Waals surface area contributed by atoms with Gasteiger partial charge in [0, 0.05) is 32.2 Å². The first-order valence-corrected chi connectivity index (χ1v) is 7.00. The summed E-state index contributed by atoms with van der Waals surface area (Å²) in [5, 5.41) is 9.27. The van der Waals surface area contributed by atoms with Crippen molar-refractivity contribution in [3.63, 3.8) is 0 Å². The number of hydrogen-bond acceptors (Lipinski definition) is 5. The Morgan fingerprint density at radius 2 is 2.10 bits per heavy atom. The quantitative estimate of drug-likeness (QED) is 0.863. The molecule has 1 aliphatic rings. The molecule has 1 unspecified atom stereocenters. The first kappa shape index (κ1) is 14.6. The summed E-state index contributed by atoms with van der Waals surface area (Å²) in [5.41, 5.74) is 6.18. The monoisotopic (exact) mass is 278 g/mol. The molecule has 1 atom stereocenters. The largest absolute Gasteiger partial charge is 0.478 e. The highest BCUT2D eigenvalue weighted by atomic mass is 16.4. The molecular formula is C14H22N4O2. The zero-order valence-electron chi connectivity index (χ0n) is 12.0. The molecule has 1 fully saturated rings. The minimum atomic E-state index is -0.982. The van der Waals surface area contributed by atoms with Gasteiger partial charge < -0.3 is 15.7 Å². The molecular weight excluding hydrogens is 256 g/mol. The average Bonchev–Trinajstić information content (AvgIpc) is 2.46. The Morgan fingerprint density at radius 1 is 1.45 bits per heavy atom. The van der Waals surface area contributed by atoms with Crippen molar-refractivity contribution in [2.75, 3.05) is 36.8 Å². The maximum atomic E-state index is 11.3. The number of pyridine rings is 1. The highest BCUT2D eigenvalue weighted by Gasteiger charge is 2.24. The lowest BCUT2D eigenvalue weighted by atomic mass is 10.1. The summed E-state index contributed by atoms with van der Waals surface area (Å²) in [5.74, 6) is -0.459. The van der Waals surface area contributed by atoms with Gasteiger partial charge in [0.1, 0.15) is 11.4 Å². The molecule has 0 spiro atoms. The van der Waals surface area contributed by atoms with Crippen LogP contribution in [0, 0.1) is 0 Å². The molecule has 1 saturated heterocycles. The molecule has 2 rings (SSSR count). The number of anilines is 2. The van der Waals surface area contributed by atoms with E-state index in [1.54, 1.807) is 0 Å². The van der Waals surface area contributed by atoms with E-state index in [2.05, 4.69) is 23.7 Å². The van der Waals surface area contributed by atoms with Crippen molar-refractivity contribution in [3.8, 4) is 0 Å². The standard InChI is InChI=1S/C14H22N4O2/c1-3-10(2)17-4-6-18(7-5-17)13-12(14(19)20)8-11(15)9-16-13/h8-10H,3-7,15H2,1-2H3,(H,19,20).